The van der Waals surface area contributed by atoms with E-state index in [4.69, 9.17) is 5.26 Å². The first-order valence-corrected chi connectivity index (χ1v) is 5.81. The molecule has 0 aliphatic carbocycles. The average Bonchev–Trinajstić information content (AvgIpc) is 2.77. The molecule has 6 heteroatoms. The van der Waals surface area contributed by atoms with E-state index in [1.165, 1.54) is 28.7 Å². The van der Waals surface area contributed by atoms with Gasteiger partial charge in [-0.3, -0.25) is 4.57 Å². The highest BCUT2D eigenvalue weighted by molar-refractivity contribution is 8.00. The lowest BCUT2D eigenvalue weighted by Crippen LogP contribution is -2.00. The number of nitriles is 1. The van der Waals surface area contributed by atoms with E-state index in [0.717, 1.165) is 0 Å². The molecule has 0 amide bonds. The topological polar surface area (TPSA) is 54.5 Å². The van der Waals surface area contributed by atoms with Crippen molar-refractivity contribution in [3.05, 3.63) is 36.4 Å². The van der Waals surface area contributed by atoms with Crippen LogP contribution in [0.1, 0.15) is 6.92 Å². The first kappa shape index (κ1) is 11.6. The van der Waals surface area contributed by atoms with Gasteiger partial charge in [-0.2, -0.15) is 5.26 Å². The lowest BCUT2D eigenvalue weighted by atomic mass is 10.3. The molecule has 0 saturated heterocycles. The molecule has 86 valence electrons. The summed E-state index contributed by atoms with van der Waals surface area (Å²) >= 11 is 1.24. The van der Waals surface area contributed by atoms with Crippen LogP contribution in [0.2, 0.25) is 0 Å². The van der Waals surface area contributed by atoms with E-state index >= 15 is 0 Å². The lowest BCUT2D eigenvalue weighted by Gasteiger charge is -2.07. The third kappa shape index (κ3) is 2.45. The van der Waals surface area contributed by atoms with Crippen LogP contribution in [0.3, 0.4) is 0 Å². The number of para-hydroxylation sites is 1. The van der Waals surface area contributed by atoms with Gasteiger partial charge in [-0.15, -0.1) is 10.2 Å². The molecule has 0 saturated carbocycles. The summed E-state index contributed by atoms with van der Waals surface area (Å²) in [5.74, 6) is -0.348. The van der Waals surface area contributed by atoms with Gasteiger partial charge in [-0.1, -0.05) is 23.9 Å². The predicted molar refractivity (Wildman–Crippen MR) is 62.2 cm³/mol. The van der Waals surface area contributed by atoms with Gasteiger partial charge in [0.15, 0.2) is 5.16 Å². The maximum atomic E-state index is 13.6. The lowest BCUT2D eigenvalue weighted by molar-refractivity contribution is 0.613. The standard InChI is InChI=1S/C11H9FN4S/c1-8(6-13)17-11-15-14-7-16(11)10-5-3-2-4-9(10)12/h2-5,7-8H,1H3/t8-/m0/s1. The van der Waals surface area contributed by atoms with Crippen molar-refractivity contribution in [3.63, 3.8) is 0 Å². The van der Waals surface area contributed by atoms with Gasteiger partial charge < -0.3 is 0 Å². The van der Waals surface area contributed by atoms with Gasteiger partial charge in [0, 0.05) is 0 Å². The summed E-state index contributed by atoms with van der Waals surface area (Å²) in [5.41, 5.74) is 0.380. The molecule has 1 aromatic heterocycles. The maximum Gasteiger partial charge on any atom is 0.196 e. The van der Waals surface area contributed by atoms with Crippen LogP contribution in [0, 0.1) is 17.1 Å². The number of hydrogen-bond acceptors (Lipinski definition) is 4. The molecule has 0 unspecified atom stereocenters. The van der Waals surface area contributed by atoms with E-state index in [1.54, 1.807) is 25.1 Å². The fraction of sp³-hybridized carbons (Fsp3) is 0.182. The molecule has 0 radical (unpaired) electrons. The summed E-state index contributed by atoms with van der Waals surface area (Å²) in [4.78, 5) is 0. The minimum absolute atomic E-state index is 0.260. The van der Waals surface area contributed by atoms with Gasteiger partial charge in [0.2, 0.25) is 0 Å². The molecular weight excluding hydrogens is 239 g/mol. The van der Waals surface area contributed by atoms with Gasteiger partial charge in [0.05, 0.1) is 17.0 Å². The van der Waals surface area contributed by atoms with Crippen LogP contribution < -0.4 is 0 Å². The minimum atomic E-state index is -0.348. The average molecular weight is 248 g/mol. The van der Waals surface area contributed by atoms with E-state index in [9.17, 15) is 4.39 Å². The Balaban J connectivity index is 2.38. The van der Waals surface area contributed by atoms with E-state index in [2.05, 4.69) is 16.3 Å². The van der Waals surface area contributed by atoms with Crippen LogP contribution in [-0.2, 0) is 0 Å². The van der Waals surface area contributed by atoms with Crippen LogP contribution in [0.5, 0.6) is 0 Å². The molecule has 2 rings (SSSR count). The number of benzene rings is 1. The fourth-order valence-corrected chi connectivity index (χ4v) is 2.02. The number of halogens is 1. The zero-order valence-corrected chi connectivity index (χ0v) is 9.86. The number of thioether (sulfide) groups is 1. The smallest absolute Gasteiger partial charge is 0.196 e. The molecule has 0 fully saturated rings. The van der Waals surface area contributed by atoms with Crippen molar-refractivity contribution in [2.45, 2.75) is 17.3 Å². The highest BCUT2D eigenvalue weighted by atomic mass is 32.2. The first-order chi connectivity index (χ1) is 8.22. The molecule has 1 atom stereocenters. The van der Waals surface area contributed by atoms with Crippen molar-refractivity contribution in [2.75, 3.05) is 0 Å². The molecule has 0 N–H and O–H groups in total. The highest BCUT2D eigenvalue weighted by Crippen LogP contribution is 2.24. The number of nitrogens with zero attached hydrogens (tertiary/aromatic N) is 4. The van der Waals surface area contributed by atoms with Gasteiger partial charge in [0.1, 0.15) is 12.1 Å². The summed E-state index contributed by atoms with van der Waals surface area (Å²) < 4.78 is 15.1. The largest absolute Gasteiger partial charge is 0.274 e. The van der Waals surface area contributed by atoms with Crippen molar-refractivity contribution in [1.29, 1.82) is 5.26 Å². The van der Waals surface area contributed by atoms with Crippen LogP contribution in [0.25, 0.3) is 5.69 Å². The normalized spacial score (nSPS) is 12.1. The summed E-state index contributed by atoms with van der Waals surface area (Å²) in [7, 11) is 0. The van der Waals surface area contributed by atoms with Crippen molar-refractivity contribution in [2.24, 2.45) is 0 Å². The van der Waals surface area contributed by atoms with E-state index < -0.39 is 0 Å². The second-order valence-corrected chi connectivity index (χ2v) is 4.63. The Morgan fingerprint density at radius 2 is 2.24 bits per heavy atom. The van der Waals surface area contributed by atoms with E-state index in [0.29, 0.717) is 10.8 Å². The van der Waals surface area contributed by atoms with Crippen LogP contribution in [-0.4, -0.2) is 20.0 Å². The summed E-state index contributed by atoms with van der Waals surface area (Å²) in [6, 6.07) is 8.45. The van der Waals surface area contributed by atoms with Gasteiger partial charge in [0.25, 0.3) is 0 Å². The molecule has 0 bridgehead atoms. The minimum Gasteiger partial charge on any atom is -0.274 e. The molecule has 1 heterocycles. The second kappa shape index (κ2) is 4.97. The number of aromatic nitrogens is 3. The van der Waals surface area contributed by atoms with Gasteiger partial charge >= 0.3 is 0 Å². The van der Waals surface area contributed by atoms with E-state index in [-0.39, 0.29) is 11.1 Å². The molecule has 17 heavy (non-hydrogen) atoms. The number of rotatable bonds is 3. The summed E-state index contributed by atoms with van der Waals surface area (Å²) in [6.45, 7) is 1.75. The predicted octanol–water partition coefficient (Wildman–Crippen LogP) is 2.41. The zero-order chi connectivity index (χ0) is 12.3. The maximum absolute atomic E-state index is 13.6. The van der Waals surface area contributed by atoms with Crippen molar-refractivity contribution in [1.82, 2.24) is 14.8 Å². The monoisotopic (exact) mass is 248 g/mol. The third-order valence-corrected chi connectivity index (χ3v) is 3.04. The summed E-state index contributed by atoms with van der Waals surface area (Å²) in [5, 5.41) is 16.6. The Morgan fingerprint density at radius 1 is 1.47 bits per heavy atom. The Labute approximate surface area is 102 Å². The molecule has 0 aliphatic heterocycles. The van der Waals surface area contributed by atoms with Crippen molar-refractivity contribution in [3.8, 4) is 11.8 Å². The zero-order valence-electron chi connectivity index (χ0n) is 9.04. The molecule has 0 aliphatic rings. The third-order valence-electron chi connectivity index (χ3n) is 2.09. The quantitative estimate of drug-likeness (QED) is 0.783. The van der Waals surface area contributed by atoms with E-state index in [1.807, 2.05) is 0 Å². The fourth-order valence-electron chi connectivity index (χ4n) is 1.30. The first-order valence-electron chi connectivity index (χ1n) is 4.93. The molecule has 4 nitrogen and oxygen atoms in total. The summed E-state index contributed by atoms with van der Waals surface area (Å²) in [6.07, 6.45) is 1.44. The second-order valence-electron chi connectivity index (χ2n) is 3.32. The van der Waals surface area contributed by atoms with Crippen LogP contribution >= 0.6 is 11.8 Å². The van der Waals surface area contributed by atoms with Crippen molar-refractivity contribution < 1.29 is 4.39 Å². The highest BCUT2D eigenvalue weighted by Gasteiger charge is 2.13. The molecule has 1 aromatic carbocycles. The number of hydrogen-bond donors (Lipinski definition) is 0. The Morgan fingerprint density at radius 3 is 2.94 bits per heavy atom. The SMILES string of the molecule is C[C@@H](C#N)Sc1nncn1-c1ccccc1F. The van der Waals surface area contributed by atoms with Crippen molar-refractivity contribution >= 4 is 11.8 Å². The van der Waals surface area contributed by atoms with Gasteiger partial charge in [-0.05, 0) is 19.1 Å². The Bertz CT molecular complexity index is 561. The molecular formula is C11H9FN4S. The Kier molecular flexibility index (Phi) is 3.40. The van der Waals surface area contributed by atoms with Crippen LogP contribution in [0.4, 0.5) is 4.39 Å². The molecule has 0 spiro atoms. The molecule has 2 aromatic rings. The van der Waals surface area contributed by atoms with Gasteiger partial charge in [-0.25, -0.2) is 4.39 Å². The van der Waals surface area contributed by atoms with Crippen LogP contribution in [0.15, 0.2) is 35.7 Å². The Hall–Kier alpha value is -1.87.